The monoisotopic (exact) mass is 373 g/mol. The number of carbonyl (C=O) groups excluding carboxylic acids is 1. The van der Waals surface area contributed by atoms with Crippen LogP contribution in [-0.4, -0.2) is 44.4 Å². The molecular weight excluding hydrogens is 358 g/mol. The summed E-state index contributed by atoms with van der Waals surface area (Å²) in [5.41, 5.74) is 4.88. The zero-order valence-corrected chi connectivity index (χ0v) is 14.9. The van der Waals surface area contributed by atoms with Gasteiger partial charge in [0.15, 0.2) is 0 Å². The highest BCUT2D eigenvalue weighted by molar-refractivity contribution is 5.98. The van der Waals surface area contributed by atoms with E-state index >= 15 is 0 Å². The molecule has 0 bridgehead atoms. The van der Waals surface area contributed by atoms with Crippen molar-refractivity contribution in [2.45, 2.75) is 0 Å². The summed E-state index contributed by atoms with van der Waals surface area (Å²) in [5.74, 6) is 0.386. The molecule has 0 spiro atoms. The summed E-state index contributed by atoms with van der Waals surface area (Å²) in [7, 11) is 1.62. The van der Waals surface area contributed by atoms with Gasteiger partial charge in [-0.25, -0.2) is 10.4 Å². The van der Waals surface area contributed by atoms with E-state index in [4.69, 9.17) is 4.74 Å². The van der Waals surface area contributed by atoms with Gasteiger partial charge in [0.25, 0.3) is 5.91 Å². The van der Waals surface area contributed by atoms with E-state index in [1.54, 1.807) is 31.4 Å². The van der Waals surface area contributed by atoms with Crippen molar-refractivity contribution >= 4 is 23.0 Å². The van der Waals surface area contributed by atoms with Crippen molar-refractivity contribution in [1.82, 2.24) is 30.6 Å². The van der Waals surface area contributed by atoms with Crippen LogP contribution in [0, 0.1) is 0 Å². The standard InChI is InChI=1S/C19H15N7O2/c1-28-15-8-9-17-13(10-15)6-7-14(22-17)11-20-23-19(27)16-4-2-3-5-18(16)26-12-21-24-25-26/h2-12H,1H3,(H,23,27)/b20-11-. The highest BCUT2D eigenvalue weighted by atomic mass is 16.5. The second kappa shape index (κ2) is 7.62. The lowest BCUT2D eigenvalue weighted by Crippen LogP contribution is -2.20. The summed E-state index contributed by atoms with van der Waals surface area (Å²) >= 11 is 0. The number of pyridine rings is 1. The van der Waals surface area contributed by atoms with Crippen molar-refractivity contribution in [1.29, 1.82) is 0 Å². The van der Waals surface area contributed by atoms with Gasteiger partial charge in [-0.1, -0.05) is 18.2 Å². The number of carbonyl (C=O) groups is 1. The third kappa shape index (κ3) is 3.54. The Morgan fingerprint density at radius 3 is 2.89 bits per heavy atom. The second-order valence-corrected chi connectivity index (χ2v) is 5.77. The van der Waals surface area contributed by atoms with Gasteiger partial charge in [0, 0.05) is 5.39 Å². The molecule has 2 aromatic heterocycles. The fourth-order valence-corrected chi connectivity index (χ4v) is 2.67. The number of amides is 1. The number of methoxy groups -OCH3 is 1. The van der Waals surface area contributed by atoms with Crippen LogP contribution in [0.4, 0.5) is 0 Å². The molecule has 0 unspecified atom stereocenters. The Labute approximate surface area is 159 Å². The van der Waals surface area contributed by atoms with Crippen molar-refractivity contribution in [3.8, 4) is 11.4 Å². The minimum absolute atomic E-state index is 0.382. The van der Waals surface area contributed by atoms with Gasteiger partial charge in [0.1, 0.15) is 12.1 Å². The van der Waals surface area contributed by atoms with Crippen molar-refractivity contribution in [2.75, 3.05) is 7.11 Å². The SMILES string of the molecule is COc1ccc2nc(/C=N\NC(=O)c3ccccc3-n3cnnn3)ccc2c1. The quantitative estimate of drug-likeness (QED) is 0.423. The molecule has 0 atom stereocenters. The number of tetrazole rings is 1. The Balaban J connectivity index is 1.51. The third-order valence-electron chi connectivity index (χ3n) is 4.03. The number of benzene rings is 2. The second-order valence-electron chi connectivity index (χ2n) is 5.77. The number of nitrogens with zero attached hydrogens (tertiary/aromatic N) is 6. The van der Waals surface area contributed by atoms with Crippen LogP contribution < -0.4 is 10.2 Å². The first-order chi connectivity index (χ1) is 13.7. The molecule has 4 aromatic rings. The maximum Gasteiger partial charge on any atom is 0.273 e. The molecule has 2 aromatic carbocycles. The predicted molar refractivity (Wildman–Crippen MR) is 103 cm³/mol. The lowest BCUT2D eigenvalue weighted by atomic mass is 10.1. The number of hydrogen-bond acceptors (Lipinski definition) is 7. The summed E-state index contributed by atoms with van der Waals surface area (Å²) in [6.45, 7) is 0. The number of aromatic nitrogens is 5. The largest absolute Gasteiger partial charge is 0.497 e. The maximum atomic E-state index is 12.5. The summed E-state index contributed by atoms with van der Waals surface area (Å²) in [5, 5.41) is 16.0. The third-order valence-corrected chi connectivity index (χ3v) is 4.03. The first-order valence-corrected chi connectivity index (χ1v) is 8.35. The number of ether oxygens (including phenoxy) is 1. The molecule has 0 aliphatic carbocycles. The molecule has 28 heavy (non-hydrogen) atoms. The minimum Gasteiger partial charge on any atom is -0.497 e. The maximum absolute atomic E-state index is 12.5. The lowest BCUT2D eigenvalue weighted by molar-refractivity contribution is 0.0955. The van der Waals surface area contributed by atoms with Gasteiger partial charge in [-0.15, -0.1) is 5.10 Å². The van der Waals surface area contributed by atoms with Crippen LogP contribution in [0.2, 0.25) is 0 Å². The first-order valence-electron chi connectivity index (χ1n) is 8.35. The molecule has 1 N–H and O–H groups in total. The number of hydrogen-bond donors (Lipinski definition) is 1. The van der Waals surface area contributed by atoms with E-state index in [-0.39, 0.29) is 5.91 Å². The van der Waals surface area contributed by atoms with E-state index in [0.717, 1.165) is 16.7 Å². The van der Waals surface area contributed by atoms with Crippen LogP contribution in [-0.2, 0) is 0 Å². The van der Waals surface area contributed by atoms with Gasteiger partial charge in [0.05, 0.1) is 35.8 Å². The molecule has 9 nitrogen and oxygen atoms in total. The van der Waals surface area contributed by atoms with Crippen LogP contribution in [0.15, 0.2) is 66.0 Å². The van der Waals surface area contributed by atoms with Crippen LogP contribution in [0.25, 0.3) is 16.6 Å². The Bertz CT molecular complexity index is 1160. The van der Waals surface area contributed by atoms with E-state index < -0.39 is 0 Å². The summed E-state index contributed by atoms with van der Waals surface area (Å²) in [6, 6.07) is 16.3. The molecule has 0 saturated carbocycles. The van der Waals surface area contributed by atoms with Crippen LogP contribution >= 0.6 is 0 Å². The van der Waals surface area contributed by atoms with Gasteiger partial charge in [0.2, 0.25) is 0 Å². The molecule has 0 saturated heterocycles. The van der Waals surface area contributed by atoms with Crippen molar-refractivity contribution < 1.29 is 9.53 Å². The smallest absolute Gasteiger partial charge is 0.273 e. The van der Waals surface area contributed by atoms with Crippen LogP contribution in [0.3, 0.4) is 0 Å². The normalized spacial score (nSPS) is 11.0. The van der Waals surface area contributed by atoms with E-state index in [0.29, 0.717) is 16.9 Å². The number of nitrogens with one attached hydrogen (secondary N) is 1. The highest BCUT2D eigenvalue weighted by Gasteiger charge is 2.12. The summed E-state index contributed by atoms with van der Waals surface area (Å²) in [4.78, 5) is 17.0. The van der Waals surface area contributed by atoms with Crippen molar-refractivity contribution in [2.24, 2.45) is 5.10 Å². The summed E-state index contributed by atoms with van der Waals surface area (Å²) in [6.07, 6.45) is 2.91. The molecule has 2 heterocycles. The molecule has 1 amide bonds. The first kappa shape index (κ1) is 17.3. The van der Waals surface area contributed by atoms with Crippen molar-refractivity contribution in [3.63, 3.8) is 0 Å². The average Bonchev–Trinajstić information content (AvgIpc) is 3.28. The van der Waals surface area contributed by atoms with Gasteiger partial charge in [-0.3, -0.25) is 4.79 Å². The predicted octanol–water partition coefficient (Wildman–Crippen LogP) is 1.98. The number of fused-ring (bicyclic) bond motifs is 1. The fourth-order valence-electron chi connectivity index (χ4n) is 2.67. The van der Waals surface area contributed by atoms with E-state index in [1.165, 1.54) is 17.2 Å². The molecule has 9 heteroatoms. The Kier molecular flexibility index (Phi) is 4.70. The molecule has 4 rings (SSSR count). The molecule has 0 aliphatic rings. The average molecular weight is 373 g/mol. The van der Waals surface area contributed by atoms with Gasteiger partial charge in [-0.05, 0) is 46.8 Å². The number of rotatable bonds is 5. The summed E-state index contributed by atoms with van der Waals surface area (Å²) < 4.78 is 6.62. The molecule has 0 fully saturated rings. The van der Waals surface area contributed by atoms with Crippen LogP contribution in [0.5, 0.6) is 5.75 Å². The van der Waals surface area contributed by atoms with Crippen LogP contribution in [0.1, 0.15) is 16.1 Å². The van der Waals surface area contributed by atoms with E-state index in [1.807, 2.05) is 30.3 Å². The van der Waals surface area contributed by atoms with Gasteiger partial charge < -0.3 is 4.74 Å². The Morgan fingerprint density at radius 1 is 1.18 bits per heavy atom. The zero-order chi connectivity index (χ0) is 19.3. The molecular formula is C19H15N7O2. The number of hydrazone groups is 1. The Hall–Kier alpha value is -4.14. The van der Waals surface area contributed by atoms with Crippen molar-refractivity contribution in [3.05, 3.63) is 72.2 Å². The minimum atomic E-state index is -0.382. The van der Waals surface area contributed by atoms with Gasteiger partial charge in [-0.2, -0.15) is 9.78 Å². The molecule has 0 aliphatic heterocycles. The topological polar surface area (TPSA) is 107 Å². The lowest BCUT2D eigenvalue weighted by Gasteiger charge is -2.06. The molecule has 0 radical (unpaired) electrons. The highest BCUT2D eigenvalue weighted by Crippen LogP contribution is 2.19. The fraction of sp³-hybridized carbons (Fsp3) is 0.0526. The Morgan fingerprint density at radius 2 is 2.07 bits per heavy atom. The zero-order valence-electron chi connectivity index (χ0n) is 14.9. The van der Waals surface area contributed by atoms with E-state index in [2.05, 4.69) is 31.0 Å². The van der Waals surface area contributed by atoms with E-state index in [9.17, 15) is 4.79 Å². The number of para-hydroxylation sites is 1. The molecule has 138 valence electrons. The van der Waals surface area contributed by atoms with Gasteiger partial charge >= 0.3 is 0 Å².